The second kappa shape index (κ2) is 7.60. The van der Waals surface area contributed by atoms with Crippen LogP contribution in [-0.2, 0) is 11.2 Å². The largest absolute Gasteiger partial charge is 0.462 e. The van der Waals surface area contributed by atoms with Crippen molar-refractivity contribution in [3.8, 4) is 11.1 Å². The van der Waals surface area contributed by atoms with Crippen molar-refractivity contribution in [2.75, 3.05) is 13.2 Å². The van der Waals surface area contributed by atoms with Crippen LogP contribution < -0.4 is 5.73 Å². The van der Waals surface area contributed by atoms with E-state index in [1.807, 2.05) is 12.1 Å². The highest BCUT2D eigenvalue weighted by molar-refractivity contribution is 5.90. The lowest BCUT2D eigenvalue weighted by Crippen LogP contribution is -2.04. The van der Waals surface area contributed by atoms with Gasteiger partial charge in [0.05, 0.1) is 12.2 Å². The van der Waals surface area contributed by atoms with Crippen LogP contribution in [0.2, 0.25) is 0 Å². The topological polar surface area (TPSA) is 52.3 Å². The van der Waals surface area contributed by atoms with E-state index in [0.717, 1.165) is 30.5 Å². The first-order valence-electron chi connectivity index (χ1n) is 7.31. The molecule has 2 N–H and O–H groups in total. The summed E-state index contributed by atoms with van der Waals surface area (Å²) in [4.78, 5) is 11.6. The summed E-state index contributed by atoms with van der Waals surface area (Å²) in [5.41, 5.74) is 9.63. The number of ether oxygens (including phenoxy) is 1. The van der Waals surface area contributed by atoms with Crippen LogP contribution in [-0.4, -0.2) is 19.1 Å². The van der Waals surface area contributed by atoms with Crippen molar-refractivity contribution in [3.05, 3.63) is 59.7 Å². The molecule has 2 rings (SSSR count). The molecule has 0 heterocycles. The van der Waals surface area contributed by atoms with Crippen molar-refractivity contribution in [1.29, 1.82) is 0 Å². The highest BCUT2D eigenvalue weighted by Crippen LogP contribution is 2.21. The Morgan fingerprint density at radius 3 is 2.10 bits per heavy atom. The lowest BCUT2D eigenvalue weighted by molar-refractivity contribution is 0.0526. The van der Waals surface area contributed by atoms with E-state index >= 15 is 0 Å². The number of aryl methyl sites for hydroxylation is 1. The first kappa shape index (κ1) is 15.3. The molecule has 0 saturated heterocycles. The second-order valence-corrected chi connectivity index (χ2v) is 4.89. The molecule has 0 aromatic heterocycles. The van der Waals surface area contributed by atoms with E-state index in [1.165, 1.54) is 5.56 Å². The van der Waals surface area contributed by atoms with Gasteiger partial charge in [-0.25, -0.2) is 4.79 Å². The third-order valence-corrected chi connectivity index (χ3v) is 3.35. The molecule has 2 aromatic carbocycles. The smallest absolute Gasteiger partial charge is 0.338 e. The summed E-state index contributed by atoms with van der Waals surface area (Å²) in [6.07, 6.45) is 2.02. The monoisotopic (exact) mass is 283 g/mol. The Balaban J connectivity index is 2.09. The summed E-state index contributed by atoms with van der Waals surface area (Å²) in [5.74, 6) is -0.277. The first-order chi connectivity index (χ1) is 10.2. The summed E-state index contributed by atoms with van der Waals surface area (Å²) in [7, 11) is 0. The Morgan fingerprint density at radius 1 is 1.00 bits per heavy atom. The van der Waals surface area contributed by atoms with Crippen LogP contribution in [0.25, 0.3) is 11.1 Å². The van der Waals surface area contributed by atoms with Gasteiger partial charge in [-0.2, -0.15) is 0 Å². The van der Waals surface area contributed by atoms with Crippen LogP contribution in [0.5, 0.6) is 0 Å². The molecule has 21 heavy (non-hydrogen) atoms. The summed E-state index contributed by atoms with van der Waals surface area (Å²) >= 11 is 0. The lowest BCUT2D eigenvalue weighted by Gasteiger charge is -2.06. The quantitative estimate of drug-likeness (QED) is 0.826. The third kappa shape index (κ3) is 4.17. The summed E-state index contributed by atoms with van der Waals surface area (Å²) in [6, 6.07) is 16.0. The van der Waals surface area contributed by atoms with Gasteiger partial charge in [-0.1, -0.05) is 36.4 Å². The molecule has 2 aromatic rings. The lowest BCUT2D eigenvalue weighted by atomic mass is 10.0. The number of hydrogen-bond acceptors (Lipinski definition) is 3. The van der Waals surface area contributed by atoms with Gasteiger partial charge < -0.3 is 10.5 Å². The van der Waals surface area contributed by atoms with Gasteiger partial charge in [0.15, 0.2) is 0 Å². The predicted molar refractivity (Wildman–Crippen MR) is 85.2 cm³/mol. The Kier molecular flexibility index (Phi) is 5.52. The van der Waals surface area contributed by atoms with E-state index < -0.39 is 0 Å². The molecule has 0 aliphatic rings. The van der Waals surface area contributed by atoms with Gasteiger partial charge in [-0.15, -0.1) is 0 Å². The SMILES string of the molecule is CCOC(=O)c1ccc(-c2ccc(CCCN)cc2)cc1. The zero-order valence-corrected chi connectivity index (χ0v) is 12.3. The highest BCUT2D eigenvalue weighted by Gasteiger charge is 2.06. The fraction of sp³-hybridized carbons (Fsp3) is 0.278. The molecular weight excluding hydrogens is 262 g/mol. The van der Waals surface area contributed by atoms with Crippen molar-refractivity contribution >= 4 is 5.97 Å². The minimum atomic E-state index is -0.277. The van der Waals surface area contributed by atoms with Gasteiger partial charge in [0.25, 0.3) is 0 Å². The molecule has 0 spiro atoms. The number of rotatable bonds is 6. The molecular formula is C18H21NO2. The number of nitrogens with two attached hydrogens (primary N) is 1. The first-order valence-corrected chi connectivity index (χ1v) is 7.31. The Morgan fingerprint density at radius 2 is 1.57 bits per heavy atom. The maximum atomic E-state index is 11.6. The van der Waals surface area contributed by atoms with Crippen LogP contribution in [0.1, 0.15) is 29.3 Å². The fourth-order valence-corrected chi connectivity index (χ4v) is 2.18. The van der Waals surface area contributed by atoms with Crippen molar-refractivity contribution in [1.82, 2.24) is 0 Å². The van der Waals surface area contributed by atoms with E-state index in [-0.39, 0.29) is 5.97 Å². The van der Waals surface area contributed by atoms with Crippen LogP contribution >= 0.6 is 0 Å². The maximum absolute atomic E-state index is 11.6. The molecule has 0 fully saturated rings. The zero-order valence-electron chi connectivity index (χ0n) is 12.3. The van der Waals surface area contributed by atoms with E-state index in [2.05, 4.69) is 24.3 Å². The number of carbonyl (C=O) groups is 1. The minimum absolute atomic E-state index is 0.277. The normalized spacial score (nSPS) is 10.4. The molecule has 0 unspecified atom stereocenters. The molecule has 0 bridgehead atoms. The summed E-state index contributed by atoms with van der Waals surface area (Å²) in [6.45, 7) is 2.92. The van der Waals surface area contributed by atoms with Gasteiger partial charge >= 0.3 is 5.97 Å². The number of esters is 1. The van der Waals surface area contributed by atoms with Gasteiger partial charge in [0.1, 0.15) is 0 Å². The second-order valence-electron chi connectivity index (χ2n) is 4.89. The average Bonchev–Trinajstić information content (AvgIpc) is 2.54. The van der Waals surface area contributed by atoms with Crippen LogP contribution in [0.15, 0.2) is 48.5 Å². The Bertz CT molecular complexity index is 573. The van der Waals surface area contributed by atoms with Crippen molar-refractivity contribution in [3.63, 3.8) is 0 Å². The average molecular weight is 283 g/mol. The minimum Gasteiger partial charge on any atom is -0.462 e. The van der Waals surface area contributed by atoms with Crippen molar-refractivity contribution < 1.29 is 9.53 Å². The molecule has 3 heteroatoms. The molecule has 0 aliphatic heterocycles. The van der Waals surface area contributed by atoms with E-state index in [0.29, 0.717) is 12.2 Å². The van der Waals surface area contributed by atoms with E-state index in [9.17, 15) is 4.79 Å². The summed E-state index contributed by atoms with van der Waals surface area (Å²) in [5, 5.41) is 0. The van der Waals surface area contributed by atoms with E-state index in [4.69, 9.17) is 10.5 Å². The van der Waals surface area contributed by atoms with Gasteiger partial charge in [-0.05, 0) is 55.1 Å². The zero-order chi connectivity index (χ0) is 15.1. The molecule has 3 nitrogen and oxygen atoms in total. The van der Waals surface area contributed by atoms with Crippen molar-refractivity contribution in [2.45, 2.75) is 19.8 Å². The van der Waals surface area contributed by atoms with Gasteiger partial charge in [-0.3, -0.25) is 0 Å². The Hall–Kier alpha value is -2.13. The van der Waals surface area contributed by atoms with Crippen LogP contribution in [0.4, 0.5) is 0 Å². The maximum Gasteiger partial charge on any atom is 0.338 e. The predicted octanol–water partition coefficient (Wildman–Crippen LogP) is 3.42. The van der Waals surface area contributed by atoms with Crippen LogP contribution in [0, 0.1) is 0 Å². The Labute approximate surface area is 125 Å². The standard InChI is InChI=1S/C18H21NO2/c1-2-21-18(20)17-11-9-16(10-12-17)15-7-5-14(6-8-15)4-3-13-19/h5-12H,2-4,13,19H2,1H3. The molecule has 0 atom stereocenters. The molecule has 0 amide bonds. The summed E-state index contributed by atoms with van der Waals surface area (Å²) < 4.78 is 4.98. The number of carbonyl (C=O) groups excluding carboxylic acids is 1. The number of benzene rings is 2. The van der Waals surface area contributed by atoms with Crippen LogP contribution in [0.3, 0.4) is 0 Å². The van der Waals surface area contributed by atoms with Gasteiger partial charge in [0, 0.05) is 0 Å². The molecule has 0 saturated carbocycles. The van der Waals surface area contributed by atoms with Gasteiger partial charge in [0.2, 0.25) is 0 Å². The fourth-order valence-electron chi connectivity index (χ4n) is 2.18. The third-order valence-electron chi connectivity index (χ3n) is 3.35. The van der Waals surface area contributed by atoms with E-state index in [1.54, 1.807) is 19.1 Å². The van der Waals surface area contributed by atoms with Crippen molar-refractivity contribution in [2.24, 2.45) is 5.73 Å². The number of hydrogen-bond donors (Lipinski definition) is 1. The highest BCUT2D eigenvalue weighted by atomic mass is 16.5. The molecule has 0 radical (unpaired) electrons. The molecule has 0 aliphatic carbocycles. The molecule has 110 valence electrons.